The van der Waals surface area contributed by atoms with E-state index in [1.165, 1.54) is 11.3 Å². The van der Waals surface area contributed by atoms with E-state index in [-0.39, 0.29) is 22.9 Å². The van der Waals surface area contributed by atoms with Gasteiger partial charge in [-0.25, -0.2) is 4.79 Å². The lowest BCUT2D eigenvalue weighted by molar-refractivity contribution is 0.102. The topological polar surface area (TPSA) is 106 Å². The lowest BCUT2D eigenvalue weighted by Crippen LogP contribution is -2.41. The Labute approximate surface area is 202 Å². The van der Waals surface area contributed by atoms with Crippen LogP contribution in [0.4, 0.5) is 16.2 Å². The third-order valence-electron chi connectivity index (χ3n) is 5.64. The maximum Gasteiger partial charge on any atom is 0.321 e. The van der Waals surface area contributed by atoms with Crippen LogP contribution in [0.15, 0.2) is 42.5 Å². The van der Waals surface area contributed by atoms with Gasteiger partial charge >= 0.3 is 6.03 Å². The summed E-state index contributed by atoms with van der Waals surface area (Å²) in [5.41, 5.74) is 2.32. The van der Waals surface area contributed by atoms with Crippen LogP contribution >= 0.6 is 11.3 Å². The van der Waals surface area contributed by atoms with Gasteiger partial charge in [0.15, 0.2) is 0 Å². The third kappa shape index (κ3) is 5.45. The van der Waals surface area contributed by atoms with Crippen LogP contribution in [0.25, 0.3) is 0 Å². The highest BCUT2D eigenvalue weighted by molar-refractivity contribution is 7.13. The van der Waals surface area contributed by atoms with Crippen molar-refractivity contribution in [1.82, 2.24) is 15.1 Å². The molecule has 0 aliphatic carbocycles. The van der Waals surface area contributed by atoms with Crippen LogP contribution in [-0.4, -0.2) is 54.3 Å². The molecule has 2 aromatic carbocycles. The zero-order chi connectivity index (χ0) is 24.1. The van der Waals surface area contributed by atoms with E-state index in [1.54, 1.807) is 43.4 Å². The first-order valence-electron chi connectivity index (χ1n) is 11.0. The molecule has 10 heteroatoms. The number of carbonyl (C=O) groups excluding carboxylic acids is 2. The van der Waals surface area contributed by atoms with E-state index in [1.807, 2.05) is 25.1 Å². The van der Waals surface area contributed by atoms with Crippen molar-refractivity contribution in [3.63, 3.8) is 0 Å². The number of amides is 3. The predicted molar refractivity (Wildman–Crippen MR) is 131 cm³/mol. The van der Waals surface area contributed by atoms with E-state index in [9.17, 15) is 9.59 Å². The standard InChI is InChI=1S/C24H27N5O4S/c1-15-6-11-20(33-3)19(13-15)26-24(31)29-12-4-5-16(14-29)22-27-28-23(34-22)21(30)25-17-7-9-18(32-2)10-8-17/h6-11,13,16H,4-5,12,14H2,1-3H3,(H,25,30)(H,26,31)/t16-/m1/s1. The fourth-order valence-electron chi connectivity index (χ4n) is 3.83. The lowest BCUT2D eigenvalue weighted by atomic mass is 9.99. The monoisotopic (exact) mass is 481 g/mol. The number of anilines is 2. The van der Waals surface area contributed by atoms with Crippen molar-refractivity contribution in [2.24, 2.45) is 0 Å². The van der Waals surface area contributed by atoms with Gasteiger partial charge in [0, 0.05) is 24.7 Å². The minimum absolute atomic E-state index is 0.0268. The Morgan fingerprint density at radius 2 is 1.85 bits per heavy atom. The molecule has 1 aliphatic heterocycles. The van der Waals surface area contributed by atoms with E-state index in [2.05, 4.69) is 20.8 Å². The number of likely N-dealkylation sites (tertiary alicyclic amines) is 1. The first kappa shape index (κ1) is 23.5. The molecule has 178 valence electrons. The molecule has 1 saturated heterocycles. The molecular weight excluding hydrogens is 454 g/mol. The number of piperidine rings is 1. The normalized spacial score (nSPS) is 15.5. The van der Waals surface area contributed by atoms with Crippen molar-refractivity contribution >= 4 is 34.6 Å². The summed E-state index contributed by atoms with van der Waals surface area (Å²) in [4.78, 5) is 27.3. The van der Waals surface area contributed by atoms with Gasteiger partial charge < -0.3 is 25.0 Å². The summed E-state index contributed by atoms with van der Waals surface area (Å²) >= 11 is 1.26. The molecule has 3 aromatic rings. The number of ether oxygens (including phenoxy) is 2. The number of nitrogens with one attached hydrogen (secondary N) is 2. The molecule has 9 nitrogen and oxygen atoms in total. The number of urea groups is 1. The summed E-state index contributed by atoms with van der Waals surface area (Å²) < 4.78 is 10.5. The Morgan fingerprint density at radius 3 is 2.59 bits per heavy atom. The van der Waals surface area contributed by atoms with Gasteiger partial charge in [0.25, 0.3) is 5.91 Å². The minimum atomic E-state index is -0.314. The summed E-state index contributed by atoms with van der Waals surface area (Å²) in [7, 11) is 3.17. The third-order valence-corrected chi connectivity index (χ3v) is 6.72. The first-order chi connectivity index (χ1) is 16.5. The van der Waals surface area contributed by atoms with Crippen molar-refractivity contribution in [2.45, 2.75) is 25.7 Å². The molecule has 34 heavy (non-hydrogen) atoms. The number of methoxy groups -OCH3 is 2. The zero-order valence-electron chi connectivity index (χ0n) is 19.3. The lowest BCUT2D eigenvalue weighted by Gasteiger charge is -2.31. The fraction of sp³-hybridized carbons (Fsp3) is 0.333. The van der Waals surface area contributed by atoms with E-state index >= 15 is 0 Å². The van der Waals surface area contributed by atoms with Crippen LogP contribution in [0, 0.1) is 6.92 Å². The Morgan fingerprint density at radius 1 is 1.06 bits per heavy atom. The molecule has 0 bridgehead atoms. The van der Waals surface area contributed by atoms with Crippen LogP contribution in [0.2, 0.25) is 0 Å². The van der Waals surface area contributed by atoms with Gasteiger partial charge in [0.1, 0.15) is 16.5 Å². The fourth-order valence-corrected chi connectivity index (χ4v) is 4.69. The SMILES string of the molecule is COc1ccc(NC(=O)c2nnc([C@@H]3CCCN(C(=O)Nc4cc(C)ccc4OC)C3)s2)cc1. The molecule has 4 rings (SSSR count). The van der Waals surface area contributed by atoms with E-state index in [0.717, 1.165) is 23.4 Å². The van der Waals surface area contributed by atoms with Gasteiger partial charge in [-0.3, -0.25) is 4.79 Å². The first-order valence-corrected chi connectivity index (χ1v) is 11.8. The minimum Gasteiger partial charge on any atom is -0.497 e. The summed E-state index contributed by atoms with van der Waals surface area (Å²) in [6.07, 6.45) is 1.72. The van der Waals surface area contributed by atoms with Gasteiger partial charge in [0.2, 0.25) is 5.01 Å². The van der Waals surface area contributed by atoms with E-state index < -0.39 is 0 Å². The smallest absolute Gasteiger partial charge is 0.321 e. The summed E-state index contributed by atoms with van der Waals surface area (Å²) in [5, 5.41) is 15.2. The maximum atomic E-state index is 12.9. The summed E-state index contributed by atoms with van der Waals surface area (Å²) in [5.74, 6) is 1.04. The number of aryl methyl sites for hydroxylation is 1. The molecule has 1 aliphatic rings. The number of hydrogen-bond acceptors (Lipinski definition) is 7. The van der Waals surface area contributed by atoms with Crippen LogP contribution < -0.4 is 20.1 Å². The average molecular weight is 482 g/mol. The molecule has 1 fully saturated rings. The number of rotatable bonds is 6. The Kier molecular flexibility index (Phi) is 7.27. The molecule has 1 atom stereocenters. The van der Waals surface area contributed by atoms with Crippen LogP contribution in [0.5, 0.6) is 11.5 Å². The zero-order valence-corrected chi connectivity index (χ0v) is 20.1. The van der Waals surface area contributed by atoms with Crippen LogP contribution in [0.3, 0.4) is 0 Å². The quantitative estimate of drug-likeness (QED) is 0.536. The van der Waals surface area contributed by atoms with Crippen LogP contribution in [0.1, 0.15) is 39.1 Å². The predicted octanol–water partition coefficient (Wildman–Crippen LogP) is 4.53. The molecule has 0 unspecified atom stereocenters. The Bertz CT molecular complexity index is 1160. The Hall–Kier alpha value is -3.66. The molecule has 2 heterocycles. The molecular formula is C24H27N5O4S. The highest BCUT2D eigenvalue weighted by atomic mass is 32.1. The van der Waals surface area contributed by atoms with E-state index in [4.69, 9.17) is 9.47 Å². The molecule has 0 radical (unpaired) electrons. The second-order valence-corrected chi connectivity index (χ2v) is 9.06. The summed E-state index contributed by atoms with van der Waals surface area (Å²) in [6, 6.07) is 12.5. The second kappa shape index (κ2) is 10.5. The second-order valence-electron chi connectivity index (χ2n) is 8.05. The van der Waals surface area contributed by atoms with Crippen molar-refractivity contribution in [2.75, 3.05) is 37.9 Å². The van der Waals surface area contributed by atoms with Crippen molar-refractivity contribution < 1.29 is 19.1 Å². The van der Waals surface area contributed by atoms with Gasteiger partial charge in [-0.2, -0.15) is 0 Å². The number of aromatic nitrogens is 2. The maximum absolute atomic E-state index is 12.9. The van der Waals surface area contributed by atoms with Crippen molar-refractivity contribution in [3.05, 3.63) is 58.0 Å². The molecule has 0 saturated carbocycles. The van der Waals surface area contributed by atoms with E-state index in [0.29, 0.717) is 36.0 Å². The molecule has 1 aromatic heterocycles. The van der Waals surface area contributed by atoms with Gasteiger partial charge in [-0.05, 0) is 61.7 Å². The highest BCUT2D eigenvalue weighted by Crippen LogP contribution is 2.31. The Balaban J connectivity index is 1.39. The van der Waals surface area contributed by atoms with Crippen LogP contribution in [-0.2, 0) is 0 Å². The molecule has 2 N–H and O–H groups in total. The summed E-state index contributed by atoms with van der Waals surface area (Å²) in [6.45, 7) is 3.12. The van der Waals surface area contributed by atoms with Gasteiger partial charge in [-0.15, -0.1) is 10.2 Å². The highest BCUT2D eigenvalue weighted by Gasteiger charge is 2.28. The molecule has 3 amide bonds. The van der Waals surface area contributed by atoms with Crippen molar-refractivity contribution in [1.29, 1.82) is 0 Å². The number of benzene rings is 2. The number of nitrogens with zero attached hydrogens (tertiary/aromatic N) is 3. The largest absolute Gasteiger partial charge is 0.497 e. The molecule has 0 spiro atoms. The average Bonchev–Trinajstić information content (AvgIpc) is 3.35. The van der Waals surface area contributed by atoms with Gasteiger partial charge in [-0.1, -0.05) is 17.4 Å². The number of hydrogen-bond donors (Lipinski definition) is 2. The van der Waals surface area contributed by atoms with Crippen molar-refractivity contribution in [3.8, 4) is 11.5 Å². The van der Waals surface area contributed by atoms with Gasteiger partial charge in [0.05, 0.1) is 19.9 Å². The number of carbonyl (C=O) groups is 2.